The fraction of sp³-hybridized carbons (Fsp3) is 0.373. The van der Waals surface area contributed by atoms with E-state index < -0.39 is 46.6 Å². The first-order valence-corrected chi connectivity index (χ1v) is 31.4. The van der Waals surface area contributed by atoms with E-state index in [0.29, 0.717) is 0 Å². The van der Waals surface area contributed by atoms with Crippen LogP contribution in [0.3, 0.4) is 0 Å². The molecule has 0 spiro atoms. The number of halogens is 2. The van der Waals surface area contributed by atoms with Crippen LogP contribution in [-0.2, 0) is 12.8 Å². The molecule has 0 unspecified atom stereocenters. The highest BCUT2D eigenvalue weighted by molar-refractivity contribution is 5.95. The monoisotopic (exact) mass is 1160 g/mol. The number of aryl methyl sites for hydroxylation is 2. The van der Waals surface area contributed by atoms with Crippen LogP contribution in [0, 0.1) is 23.0 Å². The highest BCUT2D eigenvalue weighted by Crippen LogP contribution is 2.29. The highest BCUT2D eigenvalue weighted by Gasteiger charge is 2.21. The fourth-order valence-corrected chi connectivity index (χ4v) is 10.5. The van der Waals surface area contributed by atoms with Crippen molar-refractivity contribution in [2.24, 2.45) is 0 Å². The zero-order valence-corrected chi connectivity index (χ0v) is 50.3. The summed E-state index contributed by atoms with van der Waals surface area (Å²) in [6.07, 6.45) is 33.8. The molecular weight excluding hydrogens is 1080 g/mol. The molecule has 0 atom stereocenters. The molecule has 0 fully saturated rings. The zero-order valence-electron chi connectivity index (χ0n) is 50.3. The Bertz CT molecular complexity index is 3080. The molecule has 0 aliphatic rings. The van der Waals surface area contributed by atoms with Gasteiger partial charge in [-0.25, -0.2) is 28.0 Å². The molecule has 0 heterocycles. The van der Waals surface area contributed by atoms with Gasteiger partial charge >= 0.3 is 23.9 Å². The van der Waals surface area contributed by atoms with Gasteiger partial charge in [-0.3, -0.25) is 0 Å². The van der Waals surface area contributed by atoms with Gasteiger partial charge in [0.25, 0.3) is 0 Å². The van der Waals surface area contributed by atoms with Crippen molar-refractivity contribution in [3.8, 4) is 51.3 Å². The van der Waals surface area contributed by atoms with Crippen molar-refractivity contribution < 1.29 is 46.9 Å². The number of hydrogen-bond acceptors (Lipinski definition) is 9. The summed E-state index contributed by atoms with van der Waals surface area (Å²) in [5.74, 6) is -6.78. The minimum Gasteiger partial charge on any atom is -0.423 e. The van der Waals surface area contributed by atoms with E-state index >= 15 is 8.78 Å². The van der Waals surface area contributed by atoms with Gasteiger partial charge in [0.1, 0.15) is 34.6 Å². The molecule has 86 heavy (non-hydrogen) atoms. The van der Waals surface area contributed by atoms with E-state index in [0.717, 1.165) is 65.4 Å². The molecule has 0 aliphatic heterocycles. The topological polar surface area (TPSA) is 129 Å². The van der Waals surface area contributed by atoms with Crippen molar-refractivity contribution in [1.82, 2.24) is 0 Å². The predicted octanol–water partition coefficient (Wildman–Crippen LogP) is 20.5. The third-order valence-electron chi connectivity index (χ3n) is 15.6. The van der Waals surface area contributed by atoms with Crippen LogP contribution in [0.15, 0.2) is 152 Å². The second-order valence-corrected chi connectivity index (χ2v) is 22.5. The largest absolute Gasteiger partial charge is 0.423 e. The summed E-state index contributed by atoms with van der Waals surface area (Å²) in [6, 6.07) is 42.4. The lowest BCUT2D eigenvalue weighted by molar-refractivity contribution is 0.0720. The maximum Gasteiger partial charge on any atom is 0.346 e. The Kier molecular flexibility index (Phi) is 27.3. The Morgan fingerprint density at radius 3 is 0.930 bits per heavy atom. The minimum atomic E-state index is -1.17. The van der Waals surface area contributed by atoms with Gasteiger partial charge in [-0.2, -0.15) is 5.26 Å². The van der Waals surface area contributed by atoms with Gasteiger partial charge < -0.3 is 18.9 Å². The number of ether oxygens (including phenoxy) is 4. The zero-order chi connectivity index (χ0) is 60.7. The van der Waals surface area contributed by atoms with Gasteiger partial charge in [0.2, 0.25) is 0 Å². The van der Waals surface area contributed by atoms with E-state index in [1.807, 2.05) is 30.3 Å². The number of carbonyl (C=O) groups excluding carboxylic acids is 4. The number of nitrogens with zero attached hydrogens (tertiary/aromatic N) is 1. The van der Waals surface area contributed by atoms with E-state index in [4.69, 9.17) is 18.9 Å². The van der Waals surface area contributed by atoms with E-state index in [9.17, 15) is 24.4 Å². The molecule has 0 bridgehead atoms. The molecule has 450 valence electrons. The normalized spacial score (nSPS) is 11.0. The van der Waals surface area contributed by atoms with Crippen molar-refractivity contribution in [3.05, 3.63) is 202 Å². The molecule has 0 saturated carbocycles. The van der Waals surface area contributed by atoms with Crippen LogP contribution in [0.25, 0.3) is 22.3 Å². The summed E-state index contributed by atoms with van der Waals surface area (Å²) in [5.41, 5.74) is 5.81. The summed E-state index contributed by atoms with van der Waals surface area (Å²) in [6.45, 7) is 4.51. The van der Waals surface area contributed by atoms with Gasteiger partial charge in [0.15, 0.2) is 0 Å². The Balaban J connectivity index is 0.826. The van der Waals surface area contributed by atoms with Gasteiger partial charge in [0.05, 0.1) is 33.9 Å². The number of rotatable bonds is 36. The van der Waals surface area contributed by atoms with Crippen LogP contribution in [0.2, 0.25) is 0 Å². The second-order valence-electron chi connectivity index (χ2n) is 22.5. The first-order chi connectivity index (χ1) is 42.0. The third-order valence-corrected chi connectivity index (χ3v) is 15.6. The molecule has 0 N–H and O–H groups in total. The quantitative estimate of drug-likeness (QED) is 0.0214. The van der Waals surface area contributed by atoms with E-state index in [-0.39, 0.29) is 39.7 Å². The summed E-state index contributed by atoms with van der Waals surface area (Å²) in [7, 11) is 0. The second kappa shape index (κ2) is 35.9. The SMILES string of the molecule is CCCCCCCCCCCCCCc1ccc(-c2ccc(C(=O)Oc3ccc(C(=O)Oc4cc(C#N)cc(OC(=O)c5ccc(OC(=O)c6ccc(-c7ccc(CCCCCCCCCCCCCC)cc7)cc6)cc5F)c4)c(F)c3)cc2)cc1. The van der Waals surface area contributed by atoms with E-state index in [1.54, 1.807) is 24.3 Å². The molecule has 7 rings (SSSR count). The summed E-state index contributed by atoms with van der Waals surface area (Å²) in [5, 5.41) is 9.71. The van der Waals surface area contributed by atoms with Gasteiger partial charge in [0, 0.05) is 18.2 Å². The lowest BCUT2D eigenvalue weighted by Crippen LogP contribution is -2.14. The number of hydrogen-bond donors (Lipinski definition) is 0. The molecule has 0 aromatic heterocycles. The number of benzene rings is 7. The number of esters is 4. The molecule has 9 nitrogen and oxygen atoms in total. The average molecular weight is 1160 g/mol. The van der Waals surface area contributed by atoms with E-state index in [1.165, 1.54) is 189 Å². The van der Waals surface area contributed by atoms with Crippen molar-refractivity contribution >= 4 is 23.9 Å². The molecule has 0 saturated heterocycles. The Hall–Kier alpha value is -8.23. The van der Waals surface area contributed by atoms with Gasteiger partial charge in [-0.05, 0) is 120 Å². The van der Waals surface area contributed by atoms with Crippen LogP contribution in [0.1, 0.15) is 226 Å². The Morgan fingerprint density at radius 1 is 0.337 bits per heavy atom. The standard InChI is InChI=1S/C75H83F2NO8/c1-3-5-7-9-11-13-15-17-19-21-23-25-27-55-29-33-58(34-30-55)60-37-41-62(42-38-60)72(79)83-64-45-47-68(70(76)52-64)74(81)85-66-49-57(54-78)50-67(51-66)86-75(82)69-48-46-65(53-71(69)77)84-73(80)63-43-39-61(40-44-63)59-35-31-56(32-36-59)28-26-24-22-20-18-16-14-12-10-8-6-4-2/h29-53H,3-28H2,1-2H3. The van der Waals surface area contributed by atoms with Crippen molar-refractivity contribution in [3.63, 3.8) is 0 Å². The molecule has 7 aromatic rings. The lowest BCUT2D eigenvalue weighted by atomic mass is 10.00. The van der Waals surface area contributed by atoms with E-state index in [2.05, 4.69) is 62.4 Å². The molecule has 0 aliphatic carbocycles. The molecular formula is C75H83F2NO8. The first kappa shape index (κ1) is 65.3. The van der Waals surface area contributed by atoms with Crippen LogP contribution >= 0.6 is 0 Å². The predicted molar refractivity (Wildman–Crippen MR) is 337 cm³/mol. The summed E-state index contributed by atoms with van der Waals surface area (Å²) >= 11 is 0. The number of carbonyl (C=O) groups is 4. The Labute approximate surface area is 508 Å². The maximum absolute atomic E-state index is 15.4. The third kappa shape index (κ3) is 21.7. The summed E-state index contributed by atoms with van der Waals surface area (Å²) < 4.78 is 52.5. The van der Waals surface area contributed by atoms with Crippen molar-refractivity contribution in [2.75, 3.05) is 0 Å². The maximum atomic E-state index is 15.4. The molecule has 0 amide bonds. The van der Waals surface area contributed by atoms with Crippen LogP contribution in [0.5, 0.6) is 23.0 Å². The molecule has 0 radical (unpaired) electrons. The van der Waals surface area contributed by atoms with Gasteiger partial charge in [-0.15, -0.1) is 0 Å². The average Bonchev–Trinajstić information content (AvgIpc) is 3.28. The van der Waals surface area contributed by atoms with Crippen LogP contribution in [-0.4, -0.2) is 23.9 Å². The van der Waals surface area contributed by atoms with Crippen molar-refractivity contribution in [1.29, 1.82) is 5.26 Å². The Morgan fingerprint density at radius 2 is 0.628 bits per heavy atom. The fourth-order valence-electron chi connectivity index (χ4n) is 10.5. The van der Waals surface area contributed by atoms with Crippen LogP contribution < -0.4 is 18.9 Å². The number of nitriles is 1. The smallest absolute Gasteiger partial charge is 0.346 e. The summed E-state index contributed by atoms with van der Waals surface area (Å²) in [4.78, 5) is 52.6. The molecule has 11 heteroatoms. The first-order valence-electron chi connectivity index (χ1n) is 31.4. The molecule has 7 aromatic carbocycles. The van der Waals surface area contributed by atoms with Crippen molar-refractivity contribution in [2.45, 2.75) is 181 Å². The minimum absolute atomic E-state index is 0.0964. The van der Waals surface area contributed by atoms with Gasteiger partial charge in [-0.1, -0.05) is 228 Å². The van der Waals surface area contributed by atoms with Crippen LogP contribution in [0.4, 0.5) is 8.78 Å². The lowest BCUT2D eigenvalue weighted by Gasteiger charge is -2.11. The number of unbranched alkanes of at least 4 members (excludes halogenated alkanes) is 22. The highest BCUT2D eigenvalue weighted by atomic mass is 19.1.